The molecule has 0 aliphatic carbocycles. The van der Waals surface area contributed by atoms with Crippen LogP contribution in [-0.4, -0.2) is 47.9 Å². The summed E-state index contributed by atoms with van der Waals surface area (Å²) in [6, 6.07) is 4.48. The van der Waals surface area contributed by atoms with Crippen LogP contribution in [0.5, 0.6) is 0 Å². The number of likely N-dealkylation sites (tertiary alicyclic amines) is 1. The Labute approximate surface area is 126 Å². The van der Waals surface area contributed by atoms with Gasteiger partial charge in [0.05, 0.1) is 0 Å². The number of nitrogens with two attached hydrogens (primary N) is 1. The molecule has 0 saturated carbocycles. The van der Waals surface area contributed by atoms with E-state index in [1.54, 1.807) is 12.3 Å². The zero-order chi connectivity index (χ0) is 14.7. The summed E-state index contributed by atoms with van der Waals surface area (Å²) in [6.45, 7) is 4.66. The highest BCUT2D eigenvalue weighted by molar-refractivity contribution is 5.95. The Balaban J connectivity index is 1.60. The van der Waals surface area contributed by atoms with E-state index in [9.17, 15) is 0 Å². The molecule has 5 heteroatoms. The molecule has 0 bridgehead atoms. The predicted molar refractivity (Wildman–Crippen MR) is 85.9 cm³/mol. The summed E-state index contributed by atoms with van der Waals surface area (Å²) in [5, 5.41) is 7.54. The molecule has 2 aliphatic rings. The number of pyridine rings is 1. The standard InChI is InChI=1S/C16H25N5/c17-16(18)13-4-7-19-15(12-13)21-10-5-14(6-11-21)20-8-2-1-3-9-20/h4,7,12,14H,1-3,5-6,8-11H2,(H3,17,18). The Kier molecular flexibility index (Phi) is 4.39. The molecule has 0 amide bonds. The van der Waals surface area contributed by atoms with Crippen LogP contribution in [0.2, 0.25) is 0 Å². The minimum Gasteiger partial charge on any atom is -0.384 e. The normalized spacial score (nSPS) is 21.4. The molecule has 114 valence electrons. The lowest BCUT2D eigenvalue weighted by Crippen LogP contribution is -2.47. The topological polar surface area (TPSA) is 69.2 Å². The molecular weight excluding hydrogens is 262 g/mol. The van der Waals surface area contributed by atoms with Crippen molar-refractivity contribution in [2.24, 2.45) is 5.73 Å². The number of piperidine rings is 2. The maximum atomic E-state index is 7.54. The van der Waals surface area contributed by atoms with Gasteiger partial charge in [-0.05, 0) is 50.9 Å². The van der Waals surface area contributed by atoms with Crippen molar-refractivity contribution in [3.05, 3.63) is 23.9 Å². The summed E-state index contributed by atoms with van der Waals surface area (Å²) in [5.41, 5.74) is 6.32. The molecule has 2 saturated heterocycles. The Morgan fingerprint density at radius 2 is 1.86 bits per heavy atom. The van der Waals surface area contributed by atoms with Crippen molar-refractivity contribution in [2.75, 3.05) is 31.1 Å². The average Bonchev–Trinajstić information content (AvgIpc) is 2.56. The van der Waals surface area contributed by atoms with E-state index in [1.165, 1.54) is 45.2 Å². The van der Waals surface area contributed by atoms with Gasteiger partial charge >= 0.3 is 0 Å². The largest absolute Gasteiger partial charge is 0.384 e. The molecule has 0 radical (unpaired) electrons. The van der Waals surface area contributed by atoms with Gasteiger partial charge in [-0.1, -0.05) is 6.42 Å². The van der Waals surface area contributed by atoms with Gasteiger partial charge in [-0.15, -0.1) is 0 Å². The molecule has 1 aromatic rings. The van der Waals surface area contributed by atoms with Gasteiger partial charge in [0.25, 0.3) is 0 Å². The van der Waals surface area contributed by atoms with Crippen LogP contribution in [0.15, 0.2) is 18.3 Å². The number of nitrogens with zero attached hydrogens (tertiary/aromatic N) is 3. The van der Waals surface area contributed by atoms with Gasteiger partial charge in [0, 0.05) is 30.9 Å². The summed E-state index contributed by atoms with van der Waals surface area (Å²) in [6.07, 6.45) is 8.31. The second kappa shape index (κ2) is 6.43. The fourth-order valence-electron chi connectivity index (χ4n) is 3.50. The van der Waals surface area contributed by atoms with Crippen LogP contribution in [0, 0.1) is 5.41 Å². The molecule has 0 atom stereocenters. The van der Waals surface area contributed by atoms with E-state index in [2.05, 4.69) is 14.8 Å². The molecule has 0 spiro atoms. The number of hydrogen-bond acceptors (Lipinski definition) is 4. The van der Waals surface area contributed by atoms with Crippen LogP contribution in [0.4, 0.5) is 5.82 Å². The van der Waals surface area contributed by atoms with E-state index in [4.69, 9.17) is 11.1 Å². The van der Waals surface area contributed by atoms with Gasteiger partial charge in [0.15, 0.2) is 0 Å². The molecule has 0 unspecified atom stereocenters. The minimum absolute atomic E-state index is 0.113. The highest BCUT2D eigenvalue weighted by Gasteiger charge is 2.26. The van der Waals surface area contributed by atoms with E-state index in [0.717, 1.165) is 30.5 Å². The van der Waals surface area contributed by atoms with Gasteiger partial charge < -0.3 is 15.5 Å². The van der Waals surface area contributed by atoms with Crippen molar-refractivity contribution in [3.63, 3.8) is 0 Å². The minimum atomic E-state index is 0.113. The monoisotopic (exact) mass is 287 g/mol. The first-order chi connectivity index (χ1) is 10.2. The van der Waals surface area contributed by atoms with Crippen LogP contribution in [0.3, 0.4) is 0 Å². The quantitative estimate of drug-likeness (QED) is 0.657. The molecule has 3 N–H and O–H groups in total. The number of nitrogen functional groups attached to an aromatic ring is 1. The van der Waals surface area contributed by atoms with Gasteiger partial charge in [0.2, 0.25) is 0 Å². The lowest BCUT2D eigenvalue weighted by molar-refractivity contribution is 0.141. The van der Waals surface area contributed by atoms with Crippen LogP contribution in [0.25, 0.3) is 0 Å². The molecule has 3 heterocycles. The number of nitrogens with one attached hydrogen (secondary N) is 1. The zero-order valence-electron chi connectivity index (χ0n) is 12.6. The van der Waals surface area contributed by atoms with Gasteiger partial charge in [-0.2, -0.15) is 0 Å². The maximum absolute atomic E-state index is 7.54. The summed E-state index contributed by atoms with van der Waals surface area (Å²) in [5.74, 6) is 1.07. The van der Waals surface area contributed by atoms with E-state index in [-0.39, 0.29) is 5.84 Å². The molecule has 5 nitrogen and oxygen atoms in total. The maximum Gasteiger partial charge on any atom is 0.129 e. The lowest BCUT2D eigenvalue weighted by atomic mass is 10.00. The van der Waals surface area contributed by atoms with Crippen molar-refractivity contribution in [1.82, 2.24) is 9.88 Å². The van der Waals surface area contributed by atoms with E-state index in [0.29, 0.717) is 0 Å². The molecule has 0 aromatic carbocycles. The number of anilines is 1. The molecule has 3 rings (SSSR count). The van der Waals surface area contributed by atoms with Crippen LogP contribution < -0.4 is 10.6 Å². The third-order valence-corrected chi connectivity index (χ3v) is 4.75. The van der Waals surface area contributed by atoms with Gasteiger partial charge in [-0.3, -0.25) is 5.41 Å². The zero-order valence-corrected chi connectivity index (χ0v) is 12.6. The fourth-order valence-corrected chi connectivity index (χ4v) is 3.50. The van der Waals surface area contributed by atoms with Gasteiger partial charge in [0.1, 0.15) is 11.7 Å². The third kappa shape index (κ3) is 3.35. The Bertz CT molecular complexity index is 487. The smallest absolute Gasteiger partial charge is 0.129 e. The summed E-state index contributed by atoms with van der Waals surface area (Å²) in [7, 11) is 0. The highest BCUT2D eigenvalue weighted by atomic mass is 15.2. The van der Waals surface area contributed by atoms with Crippen molar-refractivity contribution in [2.45, 2.75) is 38.1 Å². The predicted octanol–water partition coefficient (Wildman–Crippen LogP) is 1.82. The van der Waals surface area contributed by atoms with Crippen molar-refractivity contribution < 1.29 is 0 Å². The first kappa shape index (κ1) is 14.3. The first-order valence-corrected chi connectivity index (χ1v) is 8.03. The Hall–Kier alpha value is -1.62. The average molecular weight is 287 g/mol. The van der Waals surface area contributed by atoms with Crippen LogP contribution in [-0.2, 0) is 0 Å². The number of hydrogen-bond donors (Lipinski definition) is 2. The van der Waals surface area contributed by atoms with Gasteiger partial charge in [-0.25, -0.2) is 4.98 Å². The molecule has 2 fully saturated rings. The molecule has 1 aromatic heterocycles. The summed E-state index contributed by atoms with van der Waals surface area (Å²) in [4.78, 5) is 9.45. The Morgan fingerprint density at radius 3 is 2.52 bits per heavy atom. The number of amidine groups is 1. The summed E-state index contributed by atoms with van der Waals surface area (Å²) < 4.78 is 0. The number of aromatic nitrogens is 1. The fraction of sp³-hybridized carbons (Fsp3) is 0.625. The Morgan fingerprint density at radius 1 is 1.14 bits per heavy atom. The second-order valence-corrected chi connectivity index (χ2v) is 6.13. The number of rotatable bonds is 3. The van der Waals surface area contributed by atoms with Crippen molar-refractivity contribution in [3.8, 4) is 0 Å². The second-order valence-electron chi connectivity index (χ2n) is 6.13. The SMILES string of the molecule is N=C(N)c1ccnc(N2CCC(N3CCCCC3)CC2)c1. The lowest BCUT2D eigenvalue weighted by Gasteiger charge is -2.40. The van der Waals surface area contributed by atoms with Crippen LogP contribution >= 0.6 is 0 Å². The van der Waals surface area contributed by atoms with Crippen molar-refractivity contribution in [1.29, 1.82) is 5.41 Å². The summed E-state index contributed by atoms with van der Waals surface area (Å²) >= 11 is 0. The van der Waals surface area contributed by atoms with E-state index >= 15 is 0 Å². The third-order valence-electron chi connectivity index (χ3n) is 4.75. The molecular formula is C16H25N5. The first-order valence-electron chi connectivity index (χ1n) is 8.03. The molecule has 2 aliphatic heterocycles. The highest BCUT2D eigenvalue weighted by Crippen LogP contribution is 2.23. The van der Waals surface area contributed by atoms with E-state index < -0.39 is 0 Å². The van der Waals surface area contributed by atoms with E-state index in [1.807, 2.05) is 6.07 Å². The molecule has 21 heavy (non-hydrogen) atoms. The van der Waals surface area contributed by atoms with Crippen LogP contribution in [0.1, 0.15) is 37.7 Å². The van der Waals surface area contributed by atoms with Crippen molar-refractivity contribution >= 4 is 11.7 Å².